The first-order chi connectivity index (χ1) is 66.5. The fourth-order valence-corrected chi connectivity index (χ4v) is 16.7. The van der Waals surface area contributed by atoms with Crippen molar-refractivity contribution >= 4 is 115 Å². The second-order valence-electron chi connectivity index (χ2n) is 33.4. The first-order valence-electron chi connectivity index (χ1n) is 45.9. The highest BCUT2D eigenvalue weighted by atomic mass is 16.5. The van der Waals surface area contributed by atoms with Crippen LogP contribution in [0.4, 0.5) is 81.3 Å². The molecule has 0 spiro atoms. The van der Waals surface area contributed by atoms with Crippen LogP contribution in [-0.4, -0.2) is 258 Å². The van der Waals surface area contributed by atoms with Crippen LogP contribution >= 0.6 is 0 Å². The van der Waals surface area contributed by atoms with Crippen LogP contribution in [0.25, 0.3) is 50.8 Å². The number of nitrogens with one attached hydrogen (secondary N) is 5. The number of aliphatic hydroxyl groups excluding tert-OH is 2. The molecule has 4 saturated heterocycles. The molecule has 4 aliphatic heterocycles. The fraction of sp³-hybridized carbons (Fsp3) is 0.300. The third-order valence-corrected chi connectivity index (χ3v) is 24.1. The van der Waals surface area contributed by atoms with Gasteiger partial charge in [0.2, 0.25) is 29.7 Å². The number of hydrogen-bond donors (Lipinski definition) is 7. The number of carbonyl (C=O) groups is 1. The molecule has 36 heteroatoms. The lowest BCUT2D eigenvalue weighted by molar-refractivity contribution is 0.0816. The van der Waals surface area contributed by atoms with E-state index in [0.717, 1.165) is 231 Å². The highest BCUT2D eigenvalue weighted by molar-refractivity contribution is 5.94. The molecule has 136 heavy (non-hydrogen) atoms. The molecule has 0 bridgehead atoms. The molecule has 1 amide bonds. The van der Waals surface area contributed by atoms with Crippen molar-refractivity contribution in [3.63, 3.8) is 0 Å². The van der Waals surface area contributed by atoms with Gasteiger partial charge in [0.25, 0.3) is 5.91 Å². The average molecular weight is 1830 g/mol. The Hall–Kier alpha value is -15.3. The molecule has 0 unspecified atom stereocenters. The Kier molecular flexibility index (Phi) is 29.6. The van der Waals surface area contributed by atoms with Crippen molar-refractivity contribution in [1.29, 1.82) is 0 Å². The first-order valence-corrected chi connectivity index (χ1v) is 45.9. The van der Waals surface area contributed by atoms with Gasteiger partial charge in [-0.05, 0) is 222 Å². The van der Waals surface area contributed by atoms with E-state index in [1.807, 2.05) is 151 Å². The van der Waals surface area contributed by atoms with Gasteiger partial charge in [0.15, 0.2) is 28.2 Å². The third-order valence-electron chi connectivity index (χ3n) is 24.1. The second kappa shape index (κ2) is 43.6. The Balaban J connectivity index is 0.000000118. The molecule has 4 aromatic carbocycles. The van der Waals surface area contributed by atoms with Gasteiger partial charge in [0.05, 0.1) is 62.4 Å². The van der Waals surface area contributed by atoms with Crippen molar-refractivity contribution < 1.29 is 29.2 Å². The summed E-state index contributed by atoms with van der Waals surface area (Å²) in [6.45, 7) is 26.1. The van der Waals surface area contributed by atoms with Gasteiger partial charge in [-0.25, -0.2) is 9.03 Å². The summed E-state index contributed by atoms with van der Waals surface area (Å²) < 4.78 is 25.6. The molecule has 0 aliphatic carbocycles. The van der Waals surface area contributed by atoms with E-state index in [0.29, 0.717) is 52.8 Å². The van der Waals surface area contributed by atoms with E-state index in [4.69, 9.17) is 19.3 Å². The predicted molar refractivity (Wildman–Crippen MR) is 532 cm³/mol. The van der Waals surface area contributed by atoms with Gasteiger partial charge in [-0.1, -0.05) is 67.9 Å². The lowest BCUT2D eigenvalue weighted by atomic mass is 10.0. The average Bonchev–Trinajstić information content (AvgIpc) is 1.67. The standard InChI is InChI=1S/C24H25N5O2.C22H21N5O.C18H23N7O.C18H23N7.C18H22N6O2/c1-17-16-20(30-2)10-11-21(17)22-4-3-5-23-26-24(27-29(22)23)25-18-6-8-19(9-7-18)28-12-14-31-15-13-28;1-15-6-4-7-17(14-15)19-8-5-9-20-24-22(25-27(19)20)23-18-12-10-16(11-13-18)21(28)26(2)3;1-2-23-8-10-24(11-9-23)17-5-3-4-16-21-18(22-25(16)17)20-14-6-7-19-15(12-14)13-26;1-3-23-9-11-24(12-10-23)17-6-4-5-16-21-18(22-25(16)17)20-15-7-8-19-14(2)13-15;1-26-15-6-9-23(10-7-15)17-4-2-3-16-21-18(22-24(16)17)20-13-5-8-19-14(11-13)12-25/h3-11,16H,12-15H2,1-2H3,(H,25,27);4-14H,1-3H3,(H,23,25);3-7,12,26H,2,8-11,13H2,1H3,(H,19,20,22);4-8,13H,3,9-12H2,1-2H3,(H,19,20,22);2-5,8,11,15,25H,6-7,9-10,12H2,1H3,(H,19,20,22). The van der Waals surface area contributed by atoms with Crippen LogP contribution in [0.3, 0.4) is 0 Å². The summed E-state index contributed by atoms with van der Waals surface area (Å²) >= 11 is 0. The zero-order valence-electron chi connectivity index (χ0n) is 77.9. The van der Waals surface area contributed by atoms with Crippen LogP contribution in [0.15, 0.2) is 237 Å². The summed E-state index contributed by atoms with van der Waals surface area (Å²) in [4.78, 5) is 63.2. The van der Waals surface area contributed by atoms with Gasteiger partial charge in [0.1, 0.15) is 23.2 Å². The maximum atomic E-state index is 12.0. The van der Waals surface area contributed by atoms with Crippen LogP contribution in [0, 0.1) is 20.8 Å². The second-order valence-corrected chi connectivity index (χ2v) is 33.4. The molecule has 0 radical (unpaired) electrons. The van der Waals surface area contributed by atoms with Crippen molar-refractivity contribution in [3.05, 3.63) is 271 Å². The molecular weight excluding hydrogens is 1720 g/mol. The number of methoxy groups -OCH3 is 2. The predicted octanol–water partition coefficient (Wildman–Crippen LogP) is 14.2. The van der Waals surface area contributed by atoms with Crippen molar-refractivity contribution in [2.24, 2.45) is 0 Å². The summed E-state index contributed by atoms with van der Waals surface area (Å²) in [6.07, 6.45) is 7.44. The SMILES string of the molecule is CCN1CCN(c2cccc3nc(Nc4ccnc(C)c4)nn23)CC1.CCN1CCN(c2cccc3nc(Nc4ccnc(CO)c4)nn23)CC1.COC1CCN(c2cccc3nc(Nc4ccnc(CO)c4)nn23)CC1.COc1ccc(-c2cccc3nc(Nc4ccc(N5CCOCC5)cc4)nn23)c(C)c1.Cc1cccc(-c2cccc3nc(Nc4ccc(C(=O)N(C)C)cc4)nn23)c1. The van der Waals surface area contributed by atoms with Crippen LogP contribution in [0.5, 0.6) is 5.75 Å². The molecular formula is C100H114N30O6. The Morgan fingerprint density at radius 3 is 1.28 bits per heavy atom. The van der Waals surface area contributed by atoms with Crippen molar-refractivity contribution in [2.75, 3.05) is 179 Å². The number of nitrogens with zero attached hydrogens (tertiary/aromatic N) is 25. The van der Waals surface area contributed by atoms with E-state index >= 15 is 0 Å². The van der Waals surface area contributed by atoms with Gasteiger partial charge in [-0.3, -0.25) is 19.7 Å². The van der Waals surface area contributed by atoms with Gasteiger partial charge in [0, 0.05) is 175 Å². The molecule has 0 saturated carbocycles. The number of morpholine rings is 1. The lowest BCUT2D eigenvalue weighted by Gasteiger charge is -2.35. The number of aliphatic hydroxyl groups is 2. The van der Waals surface area contributed by atoms with E-state index in [9.17, 15) is 15.0 Å². The summed E-state index contributed by atoms with van der Waals surface area (Å²) in [5, 5.41) is 57.9. The zero-order chi connectivity index (χ0) is 94.0. The Bertz CT molecular complexity index is 6720. The zero-order valence-corrected chi connectivity index (χ0v) is 77.9. The van der Waals surface area contributed by atoms with E-state index in [-0.39, 0.29) is 19.1 Å². The maximum absolute atomic E-state index is 12.0. The molecule has 13 aromatic heterocycles. The first kappa shape index (κ1) is 92.5. The molecule has 4 fully saturated rings. The number of hydrogen-bond acceptors (Lipinski definition) is 30. The fourth-order valence-electron chi connectivity index (χ4n) is 16.7. The van der Waals surface area contributed by atoms with Crippen molar-refractivity contribution in [3.8, 4) is 28.3 Å². The molecule has 17 aromatic rings. The normalized spacial score (nSPS) is 14.3. The van der Waals surface area contributed by atoms with Crippen LogP contribution in [-0.2, 0) is 22.7 Å². The number of benzene rings is 4. The number of rotatable bonds is 23. The quantitative estimate of drug-likeness (QED) is 0.0313. The number of piperazine rings is 2. The van der Waals surface area contributed by atoms with E-state index in [2.05, 4.69) is 217 Å². The van der Waals surface area contributed by atoms with E-state index in [1.54, 1.807) is 76.1 Å². The number of anilines is 14. The molecule has 36 nitrogen and oxygen atoms in total. The summed E-state index contributed by atoms with van der Waals surface area (Å²) in [5.41, 5.74) is 18.8. The van der Waals surface area contributed by atoms with Crippen molar-refractivity contribution in [1.82, 2.24) is 103 Å². The smallest absolute Gasteiger partial charge is 0.253 e. The number of amides is 1. The number of ether oxygens (including phenoxy) is 3. The minimum atomic E-state index is -0.101. The highest BCUT2D eigenvalue weighted by Gasteiger charge is 2.26. The van der Waals surface area contributed by atoms with Crippen LogP contribution in [0.1, 0.15) is 65.3 Å². The van der Waals surface area contributed by atoms with Gasteiger partial charge in [-0.2, -0.15) is 38.5 Å². The molecule has 21 rings (SSSR count). The van der Waals surface area contributed by atoms with E-state index in [1.165, 1.54) is 11.3 Å². The third kappa shape index (κ3) is 22.6. The number of likely N-dealkylation sites (N-methyl/N-ethyl adjacent to an activating group) is 2. The molecule has 7 N–H and O–H groups in total. The van der Waals surface area contributed by atoms with Crippen LogP contribution < -0.4 is 50.9 Å². The summed E-state index contributed by atoms with van der Waals surface area (Å²) in [6, 6.07) is 71.3. The molecule has 0 atom stereocenters. The number of aromatic nitrogens is 18. The van der Waals surface area contributed by atoms with Gasteiger partial charge < -0.3 is 85.3 Å². The Morgan fingerprint density at radius 1 is 0.419 bits per heavy atom. The largest absolute Gasteiger partial charge is 0.497 e. The number of carbonyl (C=O) groups excluding carboxylic acids is 1. The monoisotopic (exact) mass is 1830 g/mol. The number of fused-ring (bicyclic) bond motifs is 5. The number of aryl methyl sites for hydroxylation is 3. The number of piperidine rings is 1. The maximum Gasteiger partial charge on any atom is 0.253 e. The molecule has 17 heterocycles. The van der Waals surface area contributed by atoms with E-state index < -0.39 is 0 Å². The van der Waals surface area contributed by atoms with Gasteiger partial charge in [-0.15, -0.1) is 25.5 Å². The summed E-state index contributed by atoms with van der Waals surface area (Å²) in [5.74, 6) is 6.72. The van der Waals surface area contributed by atoms with Crippen LogP contribution in [0.2, 0.25) is 0 Å². The lowest BCUT2D eigenvalue weighted by Crippen LogP contribution is -2.46. The Morgan fingerprint density at radius 2 is 0.838 bits per heavy atom. The topological polar surface area (TPSA) is 358 Å². The highest BCUT2D eigenvalue weighted by Crippen LogP contribution is 2.33. The molecule has 4 aliphatic rings. The van der Waals surface area contributed by atoms with Gasteiger partial charge >= 0.3 is 0 Å². The minimum Gasteiger partial charge on any atom is -0.497 e. The van der Waals surface area contributed by atoms with Crippen molar-refractivity contribution in [2.45, 2.75) is 66.8 Å². The Labute approximate surface area is 788 Å². The number of pyridine rings is 8. The summed E-state index contributed by atoms with van der Waals surface area (Å²) in [7, 11) is 6.93. The molecule has 700 valence electrons. The minimum absolute atomic E-state index is 0.0276.